The summed E-state index contributed by atoms with van der Waals surface area (Å²) in [5.41, 5.74) is 8.12. The number of benzene rings is 2. The summed E-state index contributed by atoms with van der Waals surface area (Å²) in [6, 6.07) is 14.7. The topological polar surface area (TPSA) is 135 Å². The summed E-state index contributed by atoms with van der Waals surface area (Å²) in [5.74, 6) is 0.680. The van der Waals surface area contributed by atoms with Gasteiger partial charge in [-0.2, -0.15) is 0 Å². The summed E-state index contributed by atoms with van der Waals surface area (Å²) in [6.45, 7) is 6.40. The molecule has 232 valence electrons. The van der Waals surface area contributed by atoms with E-state index in [0.717, 1.165) is 67.2 Å². The van der Waals surface area contributed by atoms with E-state index in [2.05, 4.69) is 45.3 Å². The van der Waals surface area contributed by atoms with Crippen LogP contribution in [0, 0.1) is 28.6 Å². The summed E-state index contributed by atoms with van der Waals surface area (Å²) in [4.78, 5) is 30.0. The van der Waals surface area contributed by atoms with Gasteiger partial charge >= 0.3 is 0 Å². The molecular weight excluding hydrogens is 604 g/mol. The maximum atomic E-state index is 14.1. The average molecular weight is 652 g/mol. The van der Waals surface area contributed by atoms with Crippen LogP contribution in [0.15, 0.2) is 53.0 Å². The van der Waals surface area contributed by atoms with Crippen molar-refractivity contribution in [3.63, 3.8) is 0 Å². The highest BCUT2D eigenvalue weighted by atomic mass is 79.9. The van der Waals surface area contributed by atoms with E-state index in [4.69, 9.17) is 16.6 Å². The number of hydrogen-bond donors (Lipinski definition) is 5. The molecular formula is C34H47BrN6O2. The van der Waals surface area contributed by atoms with E-state index >= 15 is 0 Å². The summed E-state index contributed by atoms with van der Waals surface area (Å²) >= 11 is 3.56. The number of nitrogen functional groups attached to an aromatic ring is 1. The Labute approximate surface area is 264 Å². The Morgan fingerprint density at radius 1 is 0.977 bits per heavy atom. The zero-order chi connectivity index (χ0) is 30.9. The lowest BCUT2D eigenvalue weighted by atomic mass is 9.82. The van der Waals surface area contributed by atoms with E-state index in [1.807, 2.05) is 48.5 Å². The monoisotopic (exact) mass is 650 g/mol. The van der Waals surface area contributed by atoms with Gasteiger partial charge in [-0.25, -0.2) is 0 Å². The SMILES string of the molecule is CC(C)C(=N)N1CCC(CNC(=O)[C@@H](NC(=O)C(Cc2ccc(C(=N)N)cc2)c2cccc(Br)c2)C2CCCCC2)CC1. The van der Waals surface area contributed by atoms with Crippen molar-refractivity contribution in [1.29, 1.82) is 10.8 Å². The Kier molecular flexibility index (Phi) is 11.8. The van der Waals surface area contributed by atoms with Gasteiger partial charge in [-0.3, -0.25) is 20.4 Å². The summed E-state index contributed by atoms with van der Waals surface area (Å²) in [7, 11) is 0. The minimum Gasteiger partial charge on any atom is -0.384 e. The number of amidine groups is 2. The van der Waals surface area contributed by atoms with Gasteiger partial charge in [0.25, 0.3) is 0 Å². The number of nitrogens with one attached hydrogen (secondary N) is 4. The largest absolute Gasteiger partial charge is 0.384 e. The second-order valence-electron chi connectivity index (χ2n) is 12.5. The maximum absolute atomic E-state index is 14.1. The first kappa shape index (κ1) is 32.7. The predicted molar refractivity (Wildman–Crippen MR) is 176 cm³/mol. The molecule has 2 aliphatic rings. The van der Waals surface area contributed by atoms with Crippen LogP contribution >= 0.6 is 15.9 Å². The van der Waals surface area contributed by atoms with Crippen molar-refractivity contribution in [2.24, 2.45) is 23.5 Å². The van der Waals surface area contributed by atoms with E-state index in [-0.39, 0.29) is 29.5 Å². The number of likely N-dealkylation sites (tertiary alicyclic amines) is 1. The van der Waals surface area contributed by atoms with Gasteiger partial charge in [-0.05, 0) is 67.2 Å². The molecule has 1 saturated carbocycles. The number of rotatable bonds is 11. The molecule has 2 fully saturated rings. The third-order valence-electron chi connectivity index (χ3n) is 9.04. The normalized spacial score (nSPS) is 17.7. The first-order valence-corrected chi connectivity index (χ1v) is 16.5. The summed E-state index contributed by atoms with van der Waals surface area (Å²) in [5, 5.41) is 22.4. The van der Waals surface area contributed by atoms with Crippen LogP contribution in [-0.4, -0.2) is 54.1 Å². The number of halogens is 1. The Morgan fingerprint density at radius 2 is 1.65 bits per heavy atom. The lowest BCUT2D eigenvalue weighted by Gasteiger charge is -2.35. The standard InChI is InChI=1S/C34H47BrN6O2/c1-22(2)32(38)41-17-15-24(16-18-41)21-39-34(43)30(25-7-4-3-5-8-25)40-33(42)29(27-9-6-10-28(35)20-27)19-23-11-13-26(14-12-23)31(36)37/h6,9-14,20,22,24-25,29-30,38H,3-5,7-8,15-19,21H2,1-2H3,(H3,36,37)(H,39,43)(H,40,42)/t29?,30-/m0/s1. The van der Waals surface area contributed by atoms with Crippen LogP contribution in [0.25, 0.3) is 0 Å². The average Bonchev–Trinajstić information content (AvgIpc) is 3.01. The number of piperidine rings is 1. The van der Waals surface area contributed by atoms with E-state index in [1.54, 1.807) is 0 Å². The van der Waals surface area contributed by atoms with Gasteiger partial charge in [0.2, 0.25) is 11.8 Å². The number of hydrogen-bond acceptors (Lipinski definition) is 4. The molecule has 0 spiro atoms. The summed E-state index contributed by atoms with van der Waals surface area (Å²) < 4.78 is 0.894. The van der Waals surface area contributed by atoms with Crippen LogP contribution in [-0.2, 0) is 16.0 Å². The molecule has 1 aliphatic carbocycles. The second-order valence-corrected chi connectivity index (χ2v) is 13.4. The molecule has 1 unspecified atom stereocenters. The van der Waals surface area contributed by atoms with Gasteiger partial charge in [0.1, 0.15) is 11.9 Å². The van der Waals surface area contributed by atoms with Crippen LogP contribution in [0.4, 0.5) is 0 Å². The van der Waals surface area contributed by atoms with Crippen LogP contribution < -0.4 is 16.4 Å². The molecule has 43 heavy (non-hydrogen) atoms. The molecule has 1 aliphatic heterocycles. The molecule has 4 rings (SSSR count). The number of amides is 2. The number of nitrogens with zero attached hydrogens (tertiary/aromatic N) is 1. The molecule has 0 radical (unpaired) electrons. The second kappa shape index (κ2) is 15.5. The third kappa shape index (κ3) is 9.15. The Hall–Kier alpha value is -3.20. The first-order chi connectivity index (χ1) is 20.6. The van der Waals surface area contributed by atoms with Gasteiger partial charge < -0.3 is 21.3 Å². The number of nitrogens with two attached hydrogens (primary N) is 1. The fourth-order valence-electron chi connectivity index (χ4n) is 6.36. The molecule has 0 bridgehead atoms. The quantitative estimate of drug-likeness (QED) is 0.160. The fourth-order valence-corrected chi connectivity index (χ4v) is 6.78. The maximum Gasteiger partial charge on any atom is 0.242 e. The van der Waals surface area contributed by atoms with E-state index in [0.29, 0.717) is 30.3 Å². The smallest absolute Gasteiger partial charge is 0.242 e. The molecule has 1 heterocycles. The van der Waals surface area contributed by atoms with Gasteiger partial charge in [0.15, 0.2) is 0 Å². The van der Waals surface area contributed by atoms with Crippen LogP contribution in [0.1, 0.15) is 81.4 Å². The minimum absolute atomic E-state index is 0.00903. The molecule has 1 saturated heterocycles. The first-order valence-electron chi connectivity index (χ1n) is 15.7. The van der Waals surface area contributed by atoms with Crippen LogP contribution in [0.5, 0.6) is 0 Å². The molecule has 0 aromatic heterocycles. The van der Waals surface area contributed by atoms with Gasteiger partial charge in [-0.1, -0.05) is 85.4 Å². The Bertz CT molecular complexity index is 1270. The van der Waals surface area contributed by atoms with Gasteiger partial charge in [0, 0.05) is 35.6 Å². The minimum atomic E-state index is -0.572. The number of carbonyl (C=O) groups excluding carboxylic acids is 2. The van der Waals surface area contributed by atoms with Crippen molar-refractivity contribution in [2.45, 2.75) is 77.2 Å². The molecule has 2 aromatic carbocycles. The van der Waals surface area contributed by atoms with Crippen molar-refractivity contribution in [2.75, 3.05) is 19.6 Å². The highest BCUT2D eigenvalue weighted by Crippen LogP contribution is 2.29. The summed E-state index contributed by atoms with van der Waals surface area (Å²) in [6.07, 6.45) is 7.53. The van der Waals surface area contributed by atoms with Crippen molar-refractivity contribution in [1.82, 2.24) is 15.5 Å². The zero-order valence-electron chi connectivity index (χ0n) is 25.5. The highest BCUT2D eigenvalue weighted by molar-refractivity contribution is 9.10. The van der Waals surface area contributed by atoms with Gasteiger partial charge in [0.05, 0.1) is 11.8 Å². The van der Waals surface area contributed by atoms with Crippen molar-refractivity contribution < 1.29 is 9.59 Å². The van der Waals surface area contributed by atoms with Crippen LogP contribution in [0.2, 0.25) is 0 Å². The molecule has 2 aromatic rings. The Balaban J connectivity index is 1.47. The third-order valence-corrected chi connectivity index (χ3v) is 9.53. The van der Waals surface area contributed by atoms with Gasteiger partial charge in [-0.15, -0.1) is 0 Å². The van der Waals surface area contributed by atoms with E-state index in [9.17, 15) is 9.59 Å². The molecule has 6 N–H and O–H groups in total. The van der Waals surface area contributed by atoms with Crippen molar-refractivity contribution >= 4 is 39.4 Å². The van der Waals surface area contributed by atoms with Crippen LogP contribution in [0.3, 0.4) is 0 Å². The van der Waals surface area contributed by atoms with E-state index < -0.39 is 12.0 Å². The van der Waals surface area contributed by atoms with Crippen molar-refractivity contribution in [3.05, 3.63) is 69.7 Å². The lowest BCUT2D eigenvalue weighted by Crippen LogP contribution is -2.53. The molecule has 8 nitrogen and oxygen atoms in total. The fraction of sp³-hybridized carbons (Fsp3) is 0.529. The van der Waals surface area contributed by atoms with Crippen molar-refractivity contribution in [3.8, 4) is 0 Å². The zero-order valence-corrected chi connectivity index (χ0v) is 27.1. The Morgan fingerprint density at radius 3 is 2.26 bits per heavy atom. The lowest BCUT2D eigenvalue weighted by molar-refractivity contribution is -0.131. The molecule has 9 heteroatoms. The molecule has 2 atom stereocenters. The van der Waals surface area contributed by atoms with E-state index in [1.165, 1.54) is 6.42 Å². The molecule has 2 amide bonds. The number of carbonyl (C=O) groups is 2. The highest BCUT2D eigenvalue weighted by Gasteiger charge is 2.34. The predicted octanol–water partition coefficient (Wildman–Crippen LogP) is 5.59.